The van der Waals surface area contributed by atoms with E-state index in [0.29, 0.717) is 0 Å². The van der Waals surface area contributed by atoms with E-state index in [0.717, 1.165) is 12.8 Å². The van der Waals surface area contributed by atoms with Crippen molar-refractivity contribution in [3.05, 3.63) is 12.2 Å². The normalized spacial score (nSPS) is 24.0. The molecule has 0 saturated carbocycles. The van der Waals surface area contributed by atoms with Crippen molar-refractivity contribution in [2.24, 2.45) is 11.8 Å². The van der Waals surface area contributed by atoms with Gasteiger partial charge in [-0.2, -0.15) is 0 Å². The molecule has 0 aromatic heterocycles. The average molecular weight is 270 g/mol. The lowest BCUT2D eigenvalue weighted by atomic mass is 9.86. The molecule has 2 rings (SSSR count). The van der Waals surface area contributed by atoms with Crippen molar-refractivity contribution in [3.8, 4) is 0 Å². The Morgan fingerprint density at radius 3 is 2.21 bits per heavy atom. The summed E-state index contributed by atoms with van der Waals surface area (Å²) in [4.78, 5) is 41.1. The van der Waals surface area contributed by atoms with Gasteiger partial charge in [0.15, 0.2) is 0 Å². The third kappa shape index (κ3) is 4.53. The van der Waals surface area contributed by atoms with Crippen molar-refractivity contribution in [1.82, 2.24) is 0 Å². The molecule has 7 nitrogen and oxygen atoms in total. The van der Waals surface area contributed by atoms with Crippen molar-refractivity contribution in [2.45, 2.75) is 25.7 Å². The van der Waals surface area contributed by atoms with E-state index in [1.807, 2.05) is 6.08 Å². The zero-order valence-corrected chi connectivity index (χ0v) is 10.1. The predicted molar refractivity (Wildman–Crippen MR) is 61.0 cm³/mol. The molecule has 0 spiro atoms. The van der Waals surface area contributed by atoms with Gasteiger partial charge in [0.25, 0.3) is 0 Å². The molecule has 0 amide bonds. The second-order valence-electron chi connectivity index (χ2n) is 4.17. The van der Waals surface area contributed by atoms with E-state index in [2.05, 4.69) is 4.74 Å². The van der Waals surface area contributed by atoms with Crippen LogP contribution in [0.3, 0.4) is 0 Å². The molecule has 0 bridgehead atoms. The molecule has 1 aliphatic carbocycles. The summed E-state index contributed by atoms with van der Waals surface area (Å²) in [6.07, 6.45) is 4.75. The first kappa shape index (κ1) is 14.9. The third-order valence-electron chi connectivity index (χ3n) is 2.75. The fraction of sp³-hybridized carbons (Fsp3) is 0.500. The van der Waals surface area contributed by atoms with Gasteiger partial charge < -0.3 is 14.9 Å². The Labute approximate surface area is 108 Å². The number of esters is 2. The van der Waals surface area contributed by atoms with Crippen LogP contribution in [0.2, 0.25) is 0 Å². The Hall–Kier alpha value is -2.18. The lowest BCUT2D eigenvalue weighted by Gasteiger charge is -2.12. The molecule has 2 N–H and O–H groups in total. The van der Waals surface area contributed by atoms with Crippen LogP contribution >= 0.6 is 0 Å². The van der Waals surface area contributed by atoms with Crippen LogP contribution in [-0.4, -0.2) is 34.1 Å². The summed E-state index contributed by atoms with van der Waals surface area (Å²) in [6, 6.07) is 0. The fourth-order valence-corrected chi connectivity index (χ4v) is 1.80. The summed E-state index contributed by atoms with van der Waals surface area (Å²) < 4.78 is 4.48. The first-order valence-corrected chi connectivity index (χ1v) is 5.77. The largest absolute Gasteiger partial charge is 0.481 e. The summed E-state index contributed by atoms with van der Waals surface area (Å²) in [6.45, 7) is 0. The summed E-state index contributed by atoms with van der Waals surface area (Å²) >= 11 is 0. The second-order valence-corrected chi connectivity index (χ2v) is 4.17. The molecule has 1 saturated heterocycles. The first-order valence-electron chi connectivity index (χ1n) is 5.77. The Bertz CT molecular complexity index is 410. The molecule has 2 aliphatic rings. The SMILES string of the molecule is O=C(O)CCC(=O)O.O=C1OC(=O)C2CCC=CC12. The second kappa shape index (κ2) is 6.67. The van der Waals surface area contributed by atoms with E-state index < -0.39 is 11.9 Å². The maximum absolute atomic E-state index is 10.9. The standard InChI is InChI=1S/C8H8O3.C4H6O4/c9-7-5-3-1-2-4-6(5)8(10)11-7;5-3(6)1-2-4(7)8/h1,3,5-6H,2,4H2;1-2H2,(H,5,6)(H,7,8). The molecule has 0 radical (unpaired) electrons. The topological polar surface area (TPSA) is 118 Å². The van der Waals surface area contributed by atoms with Gasteiger partial charge in [-0.05, 0) is 12.8 Å². The van der Waals surface area contributed by atoms with Gasteiger partial charge in [0.2, 0.25) is 0 Å². The van der Waals surface area contributed by atoms with Crippen molar-refractivity contribution < 1.29 is 34.1 Å². The molecule has 0 aromatic rings. The molecule has 2 unspecified atom stereocenters. The maximum Gasteiger partial charge on any atom is 0.321 e. The van der Waals surface area contributed by atoms with Crippen LogP contribution in [0.4, 0.5) is 0 Å². The highest BCUT2D eigenvalue weighted by atomic mass is 16.6. The van der Waals surface area contributed by atoms with Gasteiger partial charge in [0.05, 0.1) is 24.7 Å². The predicted octanol–water partition coefficient (Wildman–Crippen LogP) is 0.588. The zero-order chi connectivity index (χ0) is 14.4. The highest BCUT2D eigenvalue weighted by molar-refractivity contribution is 5.97. The average Bonchev–Trinajstić information content (AvgIpc) is 2.64. The number of rotatable bonds is 3. The molecular formula is C12H14O7. The molecule has 1 aliphatic heterocycles. The van der Waals surface area contributed by atoms with Crippen LogP contribution < -0.4 is 0 Å². The molecule has 7 heteroatoms. The minimum atomic E-state index is -1.08. The number of carbonyl (C=O) groups is 4. The van der Waals surface area contributed by atoms with Gasteiger partial charge in [0.1, 0.15) is 0 Å². The number of allylic oxidation sites excluding steroid dienone is 1. The van der Waals surface area contributed by atoms with E-state index in [-0.39, 0.29) is 36.6 Å². The van der Waals surface area contributed by atoms with E-state index >= 15 is 0 Å². The summed E-state index contributed by atoms with van der Waals surface area (Å²) in [5, 5.41) is 15.8. The minimum absolute atomic E-state index is 0.188. The molecule has 19 heavy (non-hydrogen) atoms. The van der Waals surface area contributed by atoms with Crippen molar-refractivity contribution in [1.29, 1.82) is 0 Å². The first-order chi connectivity index (χ1) is 8.91. The number of aliphatic carboxylic acids is 2. The van der Waals surface area contributed by atoms with E-state index in [4.69, 9.17) is 10.2 Å². The number of carbonyl (C=O) groups excluding carboxylic acids is 2. The lowest BCUT2D eigenvalue weighted by molar-refractivity contribution is -0.153. The molecule has 104 valence electrons. The minimum Gasteiger partial charge on any atom is -0.481 e. The van der Waals surface area contributed by atoms with Crippen molar-refractivity contribution >= 4 is 23.9 Å². The van der Waals surface area contributed by atoms with Crippen LogP contribution in [0.25, 0.3) is 0 Å². The van der Waals surface area contributed by atoms with Crippen molar-refractivity contribution in [3.63, 3.8) is 0 Å². The summed E-state index contributed by atoms with van der Waals surface area (Å²) in [7, 11) is 0. The van der Waals surface area contributed by atoms with Crippen LogP contribution in [0.1, 0.15) is 25.7 Å². The number of hydrogen-bond acceptors (Lipinski definition) is 5. The lowest BCUT2D eigenvalue weighted by Crippen LogP contribution is -2.17. The van der Waals surface area contributed by atoms with E-state index in [9.17, 15) is 19.2 Å². The van der Waals surface area contributed by atoms with E-state index in [1.165, 1.54) is 0 Å². The quantitative estimate of drug-likeness (QED) is 0.437. The number of carboxylic acids is 2. The number of cyclic esters (lactones) is 2. The van der Waals surface area contributed by atoms with Gasteiger partial charge in [-0.3, -0.25) is 19.2 Å². The summed E-state index contributed by atoms with van der Waals surface area (Å²) in [5.41, 5.74) is 0. The van der Waals surface area contributed by atoms with Gasteiger partial charge in [-0.1, -0.05) is 12.2 Å². The highest BCUT2D eigenvalue weighted by Gasteiger charge is 2.43. The number of fused-ring (bicyclic) bond motifs is 1. The summed E-state index contributed by atoms with van der Waals surface area (Å²) in [5.74, 6) is -3.34. The van der Waals surface area contributed by atoms with Crippen LogP contribution in [0.5, 0.6) is 0 Å². The number of carboxylic acid groups (broad SMARTS) is 2. The van der Waals surface area contributed by atoms with Gasteiger partial charge in [-0.15, -0.1) is 0 Å². The Balaban J connectivity index is 0.000000203. The molecule has 1 fully saturated rings. The van der Waals surface area contributed by atoms with Gasteiger partial charge in [0, 0.05) is 0 Å². The Kier molecular flexibility index (Phi) is 5.23. The van der Waals surface area contributed by atoms with Crippen molar-refractivity contribution in [2.75, 3.05) is 0 Å². The maximum atomic E-state index is 10.9. The highest BCUT2D eigenvalue weighted by Crippen LogP contribution is 2.32. The molecule has 0 aromatic carbocycles. The van der Waals surface area contributed by atoms with Crippen LogP contribution in [0, 0.1) is 11.8 Å². The van der Waals surface area contributed by atoms with Gasteiger partial charge in [-0.25, -0.2) is 0 Å². The van der Waals surface area contributed by atoms with Crippen LogP contribution in [-0.2, 0) is 23.9 Å². The zero-order valence-electron chi connectivity index (χ0n) is 10.1. The smallest absolute Gasteiger partial charge is 0.321 e. The monoisotopic (exact) mass is 270 g/mol. The van der Waals surface area contributed by atoms with Gasteiger partial charge >= 0.3 is 23.9 Å². The third-order valence-corrected chi connectivity index (χ3v) is 2.75. The van der Waals surface area contributed by atoms with Crippen LogP contribution in [0.15, 0.2) is 12.2 Å². The Morgan fingerprint density at radius 2 is 1.74 bits per heavy atom. The fourth-order valence-electron chi connectivity index (χ4n) is 1.80. The molecule has 1 heterocycles. The molecule has 2 atom stereocenters. The molecular weight excluding hydrogens is 256 g/mol. The Morgan fingerprint density at radius 1 is 1.16 bits per heavy atom. The number of hydrogen-bond donors (Lipinski definition) is 2. The number of ether oxygens (including phenoxy) is 1. The van der Waals surface area contributed by atoms with E-state index in [1.54, 1.807) is 6.08 Å².